The SMILES string of the molecule is CCNC(=O)N1CCC(F)(c2nc(-c3ccc(F)cc3)no2)C1. The predicted octanol–water partition coefficient (Wildman–Crippen LogP) is 2.48. The number of rotatable bonds is 3. The largest absolute Gasteiger partial charge is 0.338 e. The minimum absolute atomic E-state index is 0.0924. The topological polar surface area (TPSA) is 71.3 Å². The Balaban J connectivity index is 1.77. The molecule has 1 N–H and O–H groups in total. The van der Waals surface area contributed by atoms with Crippen LogP contribution in [0.2, 0.25) is 0 Å². The van der Waals surface area contributed by atoms with Crippen LogP contribution in [0.4, 0.5) is 13.6 Å². The second kappa shape index (κ2) is 5.94. The number of hydrogen-bond donors (Lipinski definition) is 1. The molecule has 1 aromatic heterocycles. The van der Waals surface area contributed by atoms with Crippen LogP contribution in [-0.2, 0) is 5.67 Å². The maximum atomic E-state index is 15.0. The van der Waals surface area contributed by atoms with Gasteiger partial charge in [-0.25, -0.2) is 13.6 Å². The molecule has 0 aliphatic carbocycles. The lowest BCUT2D eigenvalue weighted by Gasteiger charge is -2.18. The van der Waals surface area contributed by atoms with Crippen molar-refractivity contribution in [1.82, 2.24) is 20.4 Å². The fourth-order valence-corrected chi connectivity index (χ4v) is 2.51. The molecular formula is C15H16F2N4O2. The Morgan fingerprint density at radius 1 is 1.43 bits per heavy atom. The van der Waals surface area contributed by atoms with E-state index in [1.54, 1.807) is 6.92 Å². The molecule has 0 radical (unpaired) electrons. The second-order valence-corrected chi connectivity index (χ2v) is 5.40. The Bertz CT molecular complexity index is 704. The molecule has 0 saturated carbocycles. The van der Waals surface area contributed by atoms with Gasteiger partial charge < -0.3 is 14.7 Å². The van der Waals surface area contributed by atoms with Gasteiger partial charge in [0.1, 0.15) is 5.82 Å². The number of nitrogens with one attached hydrogen (secondary N) is 1. The molecule has 3 rings (SSSR count). The number of benzene rings is 1. The number of aromatic nitrogens is 2. The summed E-state index contributed by atoms with van der Waals surface area (Å²) in [5.74, 6) is -0.357. The summed E-state index contributed by atoms with van der Waals surface area (Å²) < 4.78 is 33.0. The summed E-state index contributed by atoms with van der Waals surface area (Å²) in [4.78, 5) is 17.2. The predicted molar refractivity (Wildman–Crippen MR) is 77.7 cm³/mol. The molecule has 8 heteroatoms. The van der Waals surface area contributed by atoms with Crippen molar-refractivity contribution in [3.8, 4) is 11.4 Å². The Hall–Kier alpha value is -2.51. The molecule has 0 bridgehead atoms. The average molecular weight is 322 g/mol. The van der Waals surface area contributed by atoms with Crippen LogP contribution in [0.5, 0.6) is 0 Å². The van der Waals surface area contributed by atoms with E-state index < -0.39 is 5.67 Å². The molecule has 2 aromatic rings. The van der Waals surface area contributed by atoms with E-state index in [9.17, 15) is 9.18 Å². The number of hydrogen-bond acceptors (Lipinski definition) is 4. The molecule has 2 heterocycles. The van der Waals surface area contributed by atoms with E-state index in [0.29, 0.717) is 12.1 Å². The number of amides is 2. The van der Waals surface area contributed by atoms with Crippen molar-refractivity contribution in [2.75, 3.05) is 19.6 Å². The molecule has 122 valence electrons. The number of nitrogens with zero attached hydrogens (tertiary/aromatic N) is 3. The van der Waals surface area contributed by atoms with Gasteiger partial charge in [-0.3, -0.25) is 0 Å². The maximum Gasteiger partial charge on any atom is 0.317 e. The highest BCUT2D eigenvalue weighted by Crippen LogP contribution is 2.35. The first kappa shape index (κ1) is 15.4. The van der Waals surface area contributed by atoms with Gasteiger partial charge in [0.2, 0.25) is 11.5 Å². The van der Waals surface area contributed by atoms with E-state index in [-0.39, 0.29) is 43.1 Å². The first-order valence-corrected chi connectivity index (χ1v) is 7.33. The smallest absolute Gasteiger partial charge is 0.317 e. The van der Waals surface area contributed by atoms with Crippen LogP contribution in [0.15, 0.2) is 28.8 Å². The molecule has 1 aromatic carbocycles. The molecule has 1 fully saturated rings. The first-order chi connectivity index (χ1) is 11.0. The second-order valence-electron chi connectivity index (χ2n) is 5.40. The summed E-state index contributed by atoms with van der Waals surface area (Å²) in [5, 5.41) is 6.38. The molecule has 1 saturated heterocycles. The minimum Gasteiger partial charge on any atom is -0.338 e. The third kappa shape index (κ3) is 3.01. The number of carbonyl (C=O) groups is 1. The fraction of sp³-hybridized carbons (Fsp3) is 0.400. The van der Waals surface area contributed by atoms with Crippen LogP contribution < -0.4 is 5.32 Å². The lowest BCUT2D eigenvalue weighted by Crippen LogP contribution is -2.39. The van der Waals surface area contributed by atoms with Crippen LogP contribution in [0.25, 0.3) is 11.4 Å². The molecule has 2 amide bonds. The maximum absolute atomic E-state index is 15.0. The van der Waals surface area contributed by atoms with E-state index in [1.807, 2.05) is 0 Å². The molecular weight excluding hydrogens is 306 g/mol. The van der Waals surface area contributed by atoms with Crippen molar-refractivity contribution in [1.29, 1.82) is 0 Å². The molecule has 1 atom stereocenters. The quantitative estimate of drug-likeness (QED) is 0.942. The van der Waals surface area contributed by atoms with E-state index in [1.165, 1.54) is 29.2 Å². The van der Waals surface area contributed by atoms with Gasteiger partial charge in [0.05, 0.1) is 6.54 Å². The fourth-order valence-electron chi connectivity index (χ4n) is 2.51. The van der Waals surface area contributed by atoms with Crippen LogP contribution in [0.1, 0.15) is 19.2 Å². The summed E-state index contributed by atoms with van der Waals surface area (Å²) in [6, 6.07) is 5.20. The van der Waals surface area contributed by atoms with Gasteiger partial charge in [-0.1, -0.05) is 5.16 Å². The van der Waals surface area contributed by atoms with Crippen molar-refractivity contribution in [3.05, 3.63) is 36.0 Å². The summed E-state index contributed by atoms with van der Waals surface area (Å²) in [7, 11) is 0. The van der Waals surface area contributed by atoms with Gasteiger partial charge in [0.15, 0.2) is 0 Å². The number of urea groups is 1. The Kier molecular flexibility index (Phi) is 3.97. The van der Waals surface area contributed by atoms with Crippen molar-refractivity contribution in [3.63, 3.8) is 0 Å². The third-order valence-corrected chi connectivity index (χ3v) is 3.75. The monoisotopic (exact) mass is 322 g/mol. The zero-order valence-electron chi connectivity index (χ0n) is 12.6. The van der Waals surface area contributed by atoms with Gasteiger partial charge in [-0.15, -0.1) is 0 Å². The zero-order chi connectivity index (χ0) is 16.4. The van der Waals surface area contributed by atoms with E-state index in [2.05, 4.69) is 15.5 Å². The highest BCUT2D eigenvalue weighted by Gasteiger charge is 2.46. The molecule has 6 nitrogen and oxygen atoms in total. The zero-order valence-corrected chi connectivity index (χ0v) is 12.6. The van der Waals surface area contributed by atoms with Gasteiger partial charge in [0.25, 0.3) is 5.89 Å². The first-order valence-electron chi connectivity index (χ1n) is 7.33. The summed E-state index contributed by atoms with van der Waals surface area (Å²) in [6.07, 6.45) is 0.0924. The number of carbonyl (C=O) groups excluding carboxylic acids is 1. The van der Waals surface area contributed by atoms with Crippen molar-refractivity contribution in [2.45, 2.75) is 19.0 Å². The molecule has 23 heavy (non-hydrogen) atoms. The van der Waals surface area contributed by atoms with Crippen LogP contribution >= 0.6 is 0 Å². The van der Waals surface area contributed by atoms with Gasteiger partial charge in [0, 0.05) is 25.1 Å². The number of likely N-dealkylation sites (tertiary alicyclic amines) is 1. The van der Waals surface area contributed by atoms with E-state index in [4.69, 9.17) is 4.52 Å². The molecule has 0 spiro atoms. The number of halogens is 2. The average Bonchev–Trinajstić information content (AvgIpc) is 3.16. The van der Waals surface area contributed by atoms with E-state index in [0.717, 1.165) is 0 Å². The summed E-state index contributed by atoms with van der Waals surface area (Å²) in [6.45, 7) is 2.41. The van der Waals surface area contributed by atoms with Crippen molar-refractivity contribution >= 4 is 6.03 Å². The highest BCUT2D eigenvalue weighted by molar-refractivity contribution is 5.74. The van der Waals surface area contributed by atoms with Crippen LogP contribution in [0.3, 0.4) is 0 Å². The molecule has 1 unspecified atom stereocenters. The highest BCUT2D eigenvalue weighted by atomic mass is 19.1. The Morgan fingerprint density at radius 3 is 2.87 bits per heavy atom. The lowest BCUT2D eigenvalue weighted by molar-refractivity contribution is 0.119. The van der Waals surface area contributed by atoms with Crippen LogP contribution in [-0.4, -0.2) is 40.7 Å². The van der Waals surface area contributed by atoms with Gasteiger partial charge >= 0.3 is 6.03 Å². The van der Waals surface area contributed by atoms with Crippen molar-refractivity contribution in [2.24, 2.45) is 0 Å². The normalized spacial score (nSPS) is 20.7. The third-order valence-electron chi connectivity index (χ3n) is 3.75. The van der Waals surface area contributed by atoms with Gasteiger partial charge in [-0.2, -0.15) is 4.98 Å². The summed E-state index contributed by atoms with van der Waals surface area (Å²) >= 11 is 0. The standard InChI is InChI=1S/C15H16F2N4O2/c1-2-18-14(22)21-8-7-15(17,9-21)13-19-12(20-23-13)10-3-5-11(16)6-4-10/h3-6H,2,7-9H2,1H3,(H,18,22). The Labute approximate surface area is 131 Å². The van der Waals surface area contributed by atoms with Crippen LogP contribution in [0, 0.1) is 5.82 Å². The van der Waals surface area contributed by atoms with Crippen molar-refractivity contribution < 1.29 is 18.1 Å². The molecule has 1 aliphatic heterocycles. The van der Waals surface area contributed by atoms with Gasteiger partial charge in [-0.05, 0) is 31.2 Å². The molecule has 1 aliphatic rings. The lowest BCUT2D eigenvalue weighted by atomic mass is 10.1. The summed E-state index contributed by atoms with van der Waals surface area (Å²) in [5.41, 5.74) is -1.33. The minimum atomic E-state index is -1.86. The number of alkyl halides is 1. The Morgan fingerprint density at radius 2 is 2.17 bits per heavy atom. The van der Waals surface area contributed by atoms with E-state index >= 15 is 4.39 Å².